The van der Waals surface area contributed by atoms with Gasteiger partial charge in [-0.25, -0.2) is 0 Å². The number of hydrogen-bond acceptors (Lipinski definition) is 4. The highest BCUT2D eigenvalue weighted by Crippen LogP contribution is 2.22. The molecule has 1 aliphatic heterocycles. The number of anilines is 3. The molecular weight excluding hydrogens is 348 g/mol. The number of hydrogen-bond donors (Lipinski definition) is 1. The van der Waals surface area contributed by atoms with Gasteiger partial charge in [0, 0.05) is 56.3 Å². The standard InChI is InChI=1S/C23H32N4O/c1-4-25(5-2)21-11-12-22(19(3)17-21)24-18-23(28)27-15-13-26(14-16-27)20-9-7-6-8-10-20/h6-12,17,24H,4-5,13-16,18H2,1-3H3. The van der Waals surface area contributed by atoms with Crippen molar-refractivity contribution >= 4 is 23.0 Å². The maximum atomic E-state index is 12.6. The number of aryl methyl sites for hydroxylation is 1. The fourth-order valence-corrected chi connectivity index (χ4v) is 3.77. The molecule has 0 atom stereocenters. The minimum Gasteiger partial charge on any atom is -0.376 e. The predicted molar refractivity (Wildman–Crippen MR) is 118 cm³/mol. The highest BCUT2D eigenvalue weighted by atomic mass is 16.2. The molecule has 1 fully saturated rings. The van der Waals surface area contributed by atoms with Crippen molar-refractivity contribution in [3.8, 4) is 0 Å². The summed E-state index contributed by atoms with van der Waals surface area (Å²) < 4.78 is 0. The van der Waals surface area contributed by atoms with Crippen LogP contribution in [-0.4, -0.2) is 56.6 Å². The summed E-state index contributed by atoms with van der Waals surface area (Å²) in [6, 6.07) is 16.8. The number of carbonyl (C=O) groups is 1. The van der Waals surface area contributed by atoms with Gasteiger partial charge in [-0.15, -0.1) is 0 Å². The van der Waals surface area contributed by atoms with E-state index in [1.165, 1.54) is 16.9 Å². The minimum absolute atomic E-state index is 0.167. The second-order valence-electron chi connectivity index (χ2n) is 7.23. The Labute approximate surface area is 168 Å². The Kier molecular flexibility index (Phi) is 6.80. The first kappa shape index (κ1) is 20.1. The van der Waals surface area contributed by atoms with E-state index in [2.05, 4.69) is 78.4 Å². The summed E-state index contributed by atoms with van der Waals surface area (Å²) in [5.74, 6) is 0.167. The monoisotopic (exact) mass is 380 g/mol. The van der Waals surface area contributed by atoms with E-state index < -0.39 is 0 Å². The van der Waals surface area contributed by atoms with Crippen molar-refractivity contribution < 1.29 is 4.79 Å². The second-order valence-corrected chi connectivity index (χ2v) is 7.23. The first-order chi connectivity index (χ1) is 13.6. The molecule has 0 unspecified atom stereocenters. The molecule has 3 rings (SSSR count). The maximum Gasteiger partial charge on any atom is 0.241 e. The van der Waals surface area contributed by atoms with Gasteiger partial charge in [0.15, 0.2) is 0 Å². The third-order valence-corrected chi connectivity index (χ3v) is 5.52. The smallest absolute Gasteiger partial charge is 0.241 e. The van der Waals surface area contributed by atoms with Gasteiger partial charge in [0.25, 0.3) is 0 Å². The van der Waals surface area contributed by atoms with E-state index in [0.29, 0.717) is 6.54 Å². The first-order valence-electron chi connectivity index (χ1n) is 10.3. The van der Waals surface area contributed by atoms with E-state index in [9.17, 15) is 4.79 Å². The Morgan fingerprint density at radius 3 is 2.29 bits per heavy atom. The van der Waals surface area contributed by atoms with E-state index in [0.717, 1.165) is 45.0 Å². The van der Waals surface area contributed by atoms with Crippen LogP contribution in [0.3, 0.4) is 0 Å². The summed E-state index contributed by atoms with van der Waals surface area (Å²) >= 11 is 0. The van der Waals surface area contributed by atoms with Gasteiger partial charge in [0.2, 0.25) is 5.91 Å². The molecule has 0 aromatic heterocycles. The Morgan fingerprint density at radius 1 is 1.00 bits per heavy atom. The Morgan fingerprint density at radius 2 is 1.68 bits per heavy atom. The quantitative estimate of drug-likeness (QED) is 0.797. The fourth-order valence-electron chi connectivity index (χ4n) is 3.77. The lowest BCUT2D eigenvalue weighted by molar-refractivity contribution is -0.129. The summed E-state index contributed by atoms with van der Waals surface area (Å²) in [5, 5.41) is 3.33. The molecule has 5 nitrogen and oxygen atoms in total. The molecule has 150 valence electrons. The van der Waals surface area contributed by atoms with Gasteiger partial charge in [0.05, 0.1) is 6.54 Å². The molecule has 1 amide bonds. The van der Waals surface area contributed by atoms with E-state index >= 15 is 0 Å². The molecule has 2 aromatic rings. The summed E-state index contributed by atoms with van der Waals surface area (Å²) in [7, 11) is 0. The van der Waals surface area contributed by atoms with Crippen molar-refractivity contribution in [1.82, 2.24) is 4.90 Å². The molecular formula is C23H32N4O. The molecule has 28 heavy (non-hydrogen) atoms. The van der Waals surface area contributed by atoms with Crippen molar-refractivity contribution in [2.45, 2.75) is 20.8 Å². The number of carbonyl (C=O) groups excluding carboxylic acids is 1. The third kappa shape index (κ3) is 4.77. The molecule has 0 aliphatic carbocycles. The van der Waals surface area contributed by atoms with E-state index in [-0.39, 0.29) is 5.91 Å². The zero-order valence-corrected chi connectivity index (χ0v) is 17.3. The Balaban J connectivity index is 1.51. The molecule has 0 saturated carbocycles. The molecule has 1 heterocycles. The summed E-state index contributed by atoms with van der Waals surface area (Å²) in [6.07, 6.45) is 0. The van der Waals surface area contributed by atoms with Crippen molar-refractivity contribution in [2.24, 2.45) is 0 Å². The Hall–Kier alpha value is -2.69. The molecule has 0 radical (unpaired) electrons. The fraction of sp³-hybridized carbons (Fsp3) is 0.435. The van der Waals surface area contributed by atoms with Gasteiger partial charge in [-0.05, 0) is 56.7 Å². The topological polar surface area (TPSA) is 38.8 Å². The summed E-state index contributed by atoms with van der Waals surface area (Å²) in [6.45, 7) is 12.1. The number of piperazine rings is 1. The number of para-hydroxylation sites is 1. The normalized spacial score (nSPS) is 14.1. The van der Waals surface area contributed by atoms with Crippen LogP contribution in [0, 0.1) is 6.92 Å². The van der Waals surface area contributed by atoms with Crippen LogP contribution in [0.4, 0.5) is 17.1 Å². The number of nitrogens with zero attached hydrogens (tertiary/aromatic N) is 3. The average Bonchev–Trinajstić information content (AvgIpc) is 2.74. The third-order valence-electron chi connectivity index (χ3n) is 5.52. The summed E-state index contributed by atoms with van der Waals surface area (Å²) in [5.41, 5.74) is 4.67. The summed E-state index contributed by atoms with van der Waals surface area (Å²) in [4.78, 5) is 19.3. The number of amides is 1. The lowest BCUT2D eigenvalue weighted by Crippen LogP contribution is -2.50. The minimum atomic E-state index is 0.167. The molecule has 0 bridgehead atoms. The van der Waals surface area contributed by atoms with Crippen molar-refractivity contribution in [3.63, 3.8) is 0 Å². The first-order valence-corrected chi connectivity index (χ1v) is 10.3. The molecule has 1 saturated heterocycles. The average molecular weight is 381 g/mol. The lowest BCUT2D eigenvalue weighted by atomic mass is 10.1. The number of benzene rings is 2. The van der Waals surface area contributed by atoms with Crippen molar-refractivity contribution in [3.05, 3.63) is 54.1 Å². The molecule has 0 spiro atoms. The second kappa shape index (κ2) is 9.49. The highest BCUT2D eigenvalue weighted by molar-refractivity contribution is 5.81. The molecule has 2 aromatic carbocycles. The van der Waals surface area contributed by atoms with Gasteiger partial charge in [-0.2, -0.15) is 0 Å². The van der Waals surface area contributed by atoms with Gasteiger partial charge in [0.1, 0.15) is 0 Å². The molecule has 1 aliphatic rings. The van der Waals surface area contributed by atoms with Crippen molar-refractivity contribution in [2.75, 3.05) is 60.9 Å². The van der Waals surface area contributed by atoms with Crippen LogP contribution in [0.1, 0.15) is 19.4 Å². The number of nitrogens with one attached hydrogen (secondary N) is 1. The zero-order chi connectivity index (χ0) is 19.9. The van der Waals surface area contributed by atoms with Crippen molar-refractivity contribution in [1.29, 1.82) is 0 Å². The van der Waals surface area contributed by atoms with Gasteiger partial charge < -0.3 is 20.0 Å². The van der Waals surface area contributed by atoms with Gasteiger partial charge in [-0.3, -0.25) is 4.79 Å². The molecule has 1 N–H and O–H groups in total. The van der Waals surface area contributed by atoms with Crippen LogP contribution in [0.15, 0.2) is 48.5 Å². The zero-order valence-electron chi connectivity index (χ0n) is 17.3. The maximum absolute atomic E-state index is 12.6. The molecule has 5 heteroatoms. The SMILES string of the molecule is CCN(CC)c1ccc(NCC(=O)N2CCN(c3ccccc3)CC2)c(C)c1. The van der Waals surface area contributed by atoms with E-state index in [4.69, 9.17) is 0 Å². The Bertz CT molecular complexity index is 765. The van der Waals surface area contributed by atoms with E-state index in [1.807, 2.05) is 11.0 Å². The largest absolute Gasteiger partial charge is 0.376 e. The van der Waals surface area contributed by atoms with Crippen LogP contribution in [0.5, 0.6) is 0 Å². The van der Waals surface area contributed by atoms with Gasteiger partial charge >= 0.3 is 0 Å². The van der Waals surface area contributed by atoms with Crippen LogP contribution in [0.2, 0.25) is 0 Å². The van der Waals surface area contributed by atoms with Crippen LogP contribution in [-0.2, 0) is 4.79 Å². The van der Waals surface area contributed by atoms with Crippen LogP contribution in [0.25, 0.3) is 0 Å². The lowest BCUT2D eigenvalue weighted by Gasteiger charge is -2.36. The van der Waals surface area contributed by atoms with E-state index in [1.54, 1.807) is 0 Å². The highest BCUT2D eigenvalue weighted by Gasteiger charge is 2.21. The van der Waals surface area contributed by atoms with Gasteiger partial charge in [-0.1, -0.05) is 18.2 Å². The van der Waals surface area contributed by atoms with Crippen LogP contribution >= 0.6 is 0 Å². The van der Waals surface area contributed by atoms with Crippen LogP contribution < -0.4 is 15.1 Å². The predicted octanol–water partition coefficient (Wildman–Crippen LogP) is 3.60. The number of rotatable bonds is 7.